The third-order valence-corrected chi connectivity index (χ3v) is 5.60. The van der Waals surface area contributed by atoms with Gasteiger partial charge in [-0.1, -0.05) is 72.8 Å². The minimum atomic E-state index is -0.770. The molecular weight excluding hydrogens is 428 g/mol. The molecule has 1 amide bonds. The van der Waals surface area contributed by atoms with E-state index >= 15 is 0 Å². The van der Waals surface area contributed by atoms with Crippen molar-refractivity contribution >= 4 is 17.4 Å². The van der Waals surface area contributed by atoms with Crippen LogP contribution >= 0.6 is 0 Å². The van der Waals surface area contributed by atoms with Crippen LogP contribution in [0.3, 0.4) is 0 Å². The van der Waals surface area contributed by atoms with Crippen LogP contribution in [-0.2, 0) is 24.2 Å². The number of anilines is 1. The number of aromatic amines is 1. The molecule has 1 atom stereocenters. The average Bonchev–Trinajstić information content (AvgIpc) is 3.33. The van der Waals surface area contributed by atoms with Crippen molar-refractivity contribution in [1.29, 1.82) is 0 Å². The quantitative estimate of drug-likeness (QED) is 0.273. The van der Waals surface area contributed by atoms with Crippen molar-refractivity contribution in [2.45, 2.75) is 25.5 Å². The molecule has 34 heavy (non-hydrogen) atoms. The largest absolute Gasteiger partial charge is 0.384 e. The Kier molecular flexibility index (Phi) is 7.15. The molecule has 0 fully saturated rings. The highest BCUT2D eigenvalue weighted by Gasteiger charge is 2.17. The second-order valence-corrected chi connectivity index (χ2v) is 8.08. The minimum Gasteiger partial charge on any atom is -0.384 e. The lowest BCUT2D eigenvalue weighted by molar-refractivity contribution is -0.117. The molecule has 0 saturated heterocycles. The fourth-order valence-electron chi connectivity index (χ4n) is 3.84. The number of hydrogen-bond acceptors (Lipinski definition) is 5. The Morgan fingerprint density at radius 1 is 0.912 bits per heavy atom. The van der Waals surface area contributed by atoms with Crippen molar-refractivity contribution in [3.8, 4) is 0 Å². The van der Waals surface area contributed by atoms with Crippen LogP contribution in [0, 0.1) is 0 Å². The number of amides is 1. The highest BCUT2D eigenvalue weighted by molar-refractivity contribution is 5.97. The number of carbonyl (C=O) groups excluding carboxylic acids is 2. The van der Waals surface area contributed by atoms with Gasteiger partial charge < -0.3 is 16.2 Å². The fourth-order valence-corrected chi connectivity index (χ4v) is 3.84. The first-order chi connectivity index (χ1) is 16.5. The van der Waals surface area contributed by atoms with Gasteiger partial charge in [-0.3, -0.25) is 14.7 Å². The van der Waals surface area contributed by atoms with Gasteiger partial charge in [0.1, 0.15) is 11.8 Å². The van der Waals surface area contributed by atoms with E-state index in [2.05, 4.69) is 15.5 Å². The van der Waals surface area contributed by atoms with E-state index in [4.69, 9.17) is 5.73 Å². The van der Waals surface area contributed by atoms with Gasteiger partial charge in [0.15, 0.2) is 5.78 Å². The van der Waals surface area contributed by atoms with Crippen LogP contribution < -0.4 is 11.1 Å². The Bertz CT molecular complexity index is 1270. The number of carbonyl (C=O) groups is 2. The summed E-state index contributed by atoms with van der Waals surface area (Å²) in [6, 6.07) is 24.3. The number of ketones is 1. The Morgan fingerprint density at radius 3 is 2.26 bits per heavy atom. The van der Waals surface area contributed by atoms with Gasteiger partial charge in [0.05, 0.1) is 12.6 Å². The summed E-state index contributed by atoms with van der Waals surface area (Å²) < 4.78 is 0. The summed E-state index contributed by atoms with van der Waals surface area (Å²) in [5.74, 6) is -0.481. The van der Waals surface area contributed by atoms with Crippen molar-refractivity contribution in [1.82, 2.24) is 10.2 Å². The number of para-hydroxylation sites is 1. The van der Waals surface area contributed by atoms with Crippen LogP contribution in [-0.4, -0.2) is 27.0 Å². The summed E-state index contributed by atoms with van der Waals surface area (Å²) in [6.07, 6.45) is 1.24. The maximum absolute atomic E-state index is 12.9. The standard InChI is InChI=1S/C27H26N4O3/c28-25(33)15-19-12-10-18(11-13-19)14-24(32)26-21(17-30-31-26)16-29-23-9-5-4-8-22(23)27(34)20-6-2-1-3-7-20/h1-13,17,27,29,34H,14-16H2,(H2,28,33)(H,30,31). The van der Waals surface area contributed by atoms with Crippen molar-refractivity contribution in [2.24, 2.45) is 5.73 Å². The van der Waals surface area contributed by atoms with Crippen LogP contribution in [0.1, 0.15) is 44.4 Å². The van der Waals surface area contributed by atoms with Crippen LogP contribution in [0.15, 0.2) is 85.1 Å². The molecule has 4 rings (SSSR count). The van der Waals surface area contributed by atoms with Crippen molar-refractivity contribution in [2.75, 3.05) is 5.32 Å². The van der Waals surface area contributed by atoms with Gasteiger partial charge in [-0.05, 0) is 22.8 Å². The maximum Gasteiger partial charge on any atom is 0.221 e. The molecule has 1 heterocycles. The first-order valence-electron chi connectivity index (χ1n) is 11.0. The van der Waals surface area contributed by atoms with Crippen LogP contribution in [0.2, 0.25) is 0 Å². The number of rotatable bonds is 10. The monoisotopic (exact) mass is 454 g/mol. The number of nitrogens with zero attached hydrogens (tertiary/aromatic N) is 1. The van der Waals surface area contributed by atoms with Gasteiger partial charge in [0.2, 0.25) is 5.91 Å². The predicted molar refractivity (Wildman–Crippen MR) is 130 cm³/mol. The smallest absolute Gasteiger partial charge is 0.221 e. The Labute approximate surface area is 197 Å². The summed E-state index contributed by atoms with van der Waals surface area (Å²) in [6.45, 7) is 0.369. The molecule has 7 nitrogen and oxygen atoms in total. The molecule has 7 heteroatoms. The number of nitrogens with one attached hydrogen (secondary N) is 2. The molecule has 0 aliphatic rings. The molecule has 0 aliphatic carbocycles. The molecular formula is C27H26N4O3. The lowest BCUT2D eigenvalue weighted by Crippen LogP contribution is -2.13. The molecule has 0 spiro atoms. The summed E-state index contributed by atoms with van der Waals surface area (Å²) in [5, 5.41) is 21.1. The third kappa shape index (κ3) is 5.57. The van der Waals surface area contributed by atoms with E-state index < -0.39 is 12.0 Å². The molecule has 0 saturated carbocycles. The first kappa shape index (κ1) is 22.9. The predicted octanol–water partition coefficient (Wildman–Crippen LogP) is 3.56. The number of benzene rings is 3. The van der Waals surface area contributed by atoms with Crippen molar-refractivity contribution < 1.29 is 14.7 Å². The number of nitrogens with two attached hydrogens (primary N) is 1. The molecule has 1 aromatic heterocycles. The maximum atomic E-state index is 12.9. The van der Waals surface area contributed by atoms with E-state index in [0.717, 1.165) is 33.5 Å². The van der Waals surface area contributed by atoms with Gasteiger partial charge >= 0.3 is 0 Å². The summed E-state index contributed by atoms with van der Waals surface area (Å²) in [4.78, 5) is 24.0. The molecule has 172 valence electrons. The Morgan fingerprint density at radius 2 is 1.56 bits per heavy atom. The normalized spacial score (nSPS) is 11.7. The van der Waals surface area contributed by atoms with E-state index in [1.807, 2.05) is 66.7 Å². The minimum absolute atomic E-state index is 0.0884. The fraction of sp³-hybridized carbons (Fsp3) is 0.148. The third-order valence-electron chi connectivity index (χ3n) is 5.60. The lowest BCUT2D eigenvalue weighted by atomic mass is 9.99. The van der Waals surface area contributed by atoms with E-state index in [9.17, 15) is 14.7 Å². The molecule has 4 aromatic rings. The SMILES string of the molecule is NC(=O)Cc1ccc(CC(=O)c2[nH]ncc2CNc2ccccc2C(O)c2ccccc2)cc1. The van der Waals surface area contributed by atoms with E-state index in [0.29, 0.717) is 12.2 Å². The molecule has 0 bridgehead atoms. The number of Topliss-reactive ketones (excluding diaryl/α,β-unsaturated/α-hetero) is 1. The van der Waals surface area contributed by atoms with Crippen molar-refractivity contribution in [3.05, 3.63) is 119 Å². The summed E-state index contributed by atoms with van der Waals surface area (Å²) in [5.41, 5.74) is 10.4. The Hall–Kier alpha value is -4.23. The van der Waals surface area contributed by atoms with E-state index in [1.54, 1.807) is 18.3 Å². The number of primary amides is 1. The van der Waals surface area contributed by atoms with E-state index in [-0.39, 0.29) is 18.6 Å². The Balaban J connectivity index is 1.44. The number of aliphatic hydroxyl groups excluding tert-OH is 1. The van der Waals surface area contributed by atoms with Crippen LogP contribution in [0.25, 0.3) is 0 Å². The van der Waals surface area contributed by atoms with E-state index in [1.165, 1.54) is 0 Å². The number of H-pyrrole nitrogens is 1. The summed E-state index contributed by atoms with van der Waals surface area (Å²) in [7, 11) is 0. The highest BCUT2D eigenvalue weighted by atomic mass is 16.3. The molecule has 0 radical (unpaired) electrons. The highest BCUT2D eigenvalue weighted by Crippen LogP contribution is 2.28. The van der Waals surface area contributed by atoms with Gasteiger partial charge in [-0.25, -0.2) is 0 Å². The second-order valence-electron chi connectivity index (χ2n) is 8.08. The summed E-state index contributed by atoms with van der Waals surface area (Å²) >= 11 is 0. The number of aromatic nitrogens is 2. The molecule has 0 aliphatic heterocycles. The molecule has 5 N–H and O–H groups in total. The van der Waals surface area contributed by atoms with Gasteiger partial charge in [0.25, 0.3) is 0 Å². The van der Waals surface area contributed by atoms with Gasteiger partial charge in [-0.15, -0.1) is 0 Å². The zero-order valence-corrected chi connectivity index (χ0v) is 18.6. The number of aliphatic hydroxyl groups is 1. The van der Waals surface area contributed by atoms with Gasteiger partial charge in [-0.2, -0.15) is 5.10 Å². The number of hydrogen-bond donors (Lipinski definition) is 4. The first-order valence-corrected chi connectivity index (χ1v) is 11.0. The zero-order valence-electron chi connectivity index (χ0n) is 18.6. The molecule has 1 unspecified atom stereocenters. The van der Waals surface area contributed by atoms with Crippen LogP contribution in [0.4, 0.5) is 5.69 Å². The topological polar surface area (TPSA) is 121 Å². The molecule has 3 aromatic carbocycles. The van der Waals surface area contributed by atoms with Crippen LogP contribution in [0.5, 0.6) is 0 Å². The lowest BCUT2D eigenvalue weighted by Gasteiger charge is -2.17. The van der Waals surface area contributed by atoms with Gasteiger partial charge in [0, 0.05) is 29.8 Å². The second kappa shape index (κ2) is 10.6. The van der Waals surface area contributed by atoms with Crippen molar-refractivity contribution in [3.63, 3.8) is 0 Å². The average molecular weight is 455 g/mol. The zero-order chi connectivity index (χ0) is 23.9.